The monoisotopic (exact) mass is 524 g/mol. The fraction of sp³-hybridized carbons (Fsp3) is 0.522. The second-order valence-corrected chi connectivity index (χ2v) is 10.7. The highest BCUT2D eigenvalue weighted by atomic mass is 35.5. The number of quaternary nitrogens is 1. The van der Waals surface area contributed by atoms with E-state index in [0.29, 0.717) is 54.5 Å². The second kappa shape index (κ2) is 11.1. The van der Waals surface area contributed by atoms with Gasteiger partial charge < -0.3 is 27.0 Å². The van der Waals surface area contributed by atoms with E-state index in [0.717, 1.165) is 25.9 Å². The topological polar surface area (TPSA) is 114 Å². The average molecular weight is 525 g/mol. The molecule has 12 heteroatoms. The number of benzene rings is 1. The standard InChI is InChI=1S/C23H32N6O4S.ClH/c1-5-7-20-24-16(3)21-23(30)25-22(26-29(20)21)18-15-17(8-9-19(18)33-14-6-2)34(31,32)28-12-10-27(4)11-13-28;/h8-9,15H,5-7,10-14H2,1-4H3,(H,25,26,30);1H. The highest BCUT2D eigenvalue weighted by molar-refractivity contribution is 7.89. The molecule has 1 aliphatic heterocycles. The maximum absolute atomic E-state index is 13.4. The maximum Gasteiger partial charge on any atom is 0.277 e. The van der Waals surface area contributed by atoms with Crippen molar-refractivity contribution in [2.24, 2.45) is 0 Å². The summed E-state index contributed by atoms with van der Waals surface area (Å²) in [5.74, 6) is 1.42. The molecule has 0 spiro atoms. The molecule has 4 rings (SSSR count). The molecule has 0 radical (unpaired) electrons. The van der Waals surface area contributed by atoms with Crippen LogP contribution in [0, 0.1) is 6.92 Å². The summed E-state index contributed by atoms with van der Waals surface area (Å²) in [6.07, 6.45) is 2.31. The lowest BCUT2D eigenvalue weighted by molar-refractivity contribution is -0.883. The molecule has 192 valence electrons. The minimum absolute atomic E-state index is 0. The Bertz CT molecular complexity index is 1350. The minimum Gasteiger partial charge on any atom is -1.00 e. The summed E-state index contributed by atoms with van der Waals surface area (Å²) < 4.78 is 35.8. The summed E-state index contributed by atoms with van der Waals surface area (Å²) in [5.41, 5.74) is 1.11. The van der Waals surface area contributed by atoms with Crippen molar-refractivity contribution in [3.05, 3.63) is 40.1 Å². The predicted octanol–water partition coefficient (Wildman–Crippen LogP) is -2.34. The number of imidazole rings is 1. The van der Waals surface area contributed by atoms with Gasteiger partial charge in [-0.2, -0.15) is 4.31 Å². The number of nitrogens with zero attached hydrogens (tertiary/aromatic N) is 4. The van der Waals surface area contributed by atoms with Gasteiger partial charge in [-0.25, -0.2) is 17.9 Å². The van der Waals surface area contributed by atoms with Gasteiger partial charge in [0.05, 0.1) is 56.0 Å². The van der Waals surface area contributed by atoms with E-state index in [1.807, 2.05) is 13.8 Å². The van der Waals surface area contributed by atoms with E-state index in [2.05, 4.69) is 22.1 Å². The summed E-state index contributed by atoms with van der Waals surface area (Å²) in [4.78, 5) is 21.8. The second-order valence-electron chi connectivity index (χ2n) is 8.79. The first kappa shape index (κ1) is 27.1. The van der Waals surface area contributed by atoms with Crippen LogP contribution in [0.1, 0.15) is 38.2 Å². The van der Waals surface area contributed by atoms with Crippen LogP contribution in [-0.2, 0) is 16.4 Å². The van der Waals surface area contributed by atoms with Gasteiger partial charge in [-0.15, -0.1) is 5.10 Å². The molecule has 2 aromatic heterocycles. The van der Waals surface area contributed by atoms with Crippen molar-refractivity contribution in [1.82, 2.24) is 23.9 Å². The van der Waals surface area contributed by atoms with E-state index in [9.17, 15) is 13.2 Å². The molecule has 35 heavy (non-hydrogen) atoms. The van der Waals surface area contributed by atoms with Gasteiger partial charge >= 0.3 is 0 Å². The highest BCUT2D eigenvalue weighted by Crippen LogP contribution is 2.31. The number of aromatic nitrogens is 4. The molecule has 1 aliphatic rings. The van der Waals surface area contributed by atoms with Gasteiger partial charge in [0.1, 0.15) is 11.6 Å². The molecule has 10 nitrogen and oxygen atoms in total. The van der Waals surface area contributed by atoms with Crippen molar-refractivity contribution >= 4 is 15.5 Å². The van der Waals surface area contributed by atoms with Gasteiger partial charge in [0.25, 0.3) is 5.56 Å². The predicted molar refractivity (Wildman–Crippen MR) is 129 cm³/mol. The van der Waals surface area contributed by atoms with E-state index in [4.69, 9.17) is 4.74 Å². The molecule has 3 aromatic rings. The zero-order chi connectivity index (χ0) is 24.5. The molecule has 1 saturated heterocycles. The van der Waals surface area contributed by atoms with Gasteiger partial charge in [-0.3, -0.25) is 4.79 Å². The number of fused-ring (bicyclic) bond motifs is 1. The van der Waals surface area contributed by atoms with Crippen LogP contribution < -0.4 is 27.6 Å². The minimum atomic E-state index is -3.69. The number of sulfonamides is 1. The quantitative estimate of drug-likeness (QED) is 0.341. The van der Waals surface area contributed by atoms with Gasteiger partial charge in [-0.1, -0.05) is 13.8 Å². The van der Waals surface area contributed by atoms with E-state index in [1.165, 1.54) is 9.21 Å². The van der Waals surface area contributed by atoms with Crippen molar-refractivity contribution < 1.29 is 30.5 Å². The van der Waals surface area contributed by atoms with E-state index in [1.54, 1.807) is 29.6 Å². The van der Waals surface area contributed by atoms with Crippen LogP contribution in [0.5, 0.6) is 5.75 Å². The fourth-order valence-electron chi connectivity index (χ4n) is 4.19. The molecular weight excluding hydrogens is 492 g/mol. The van der Waals surface area contributed by atoms with Crippen LogP contribution in [0.15, 0.2) is 27.9 Å². The number of likely N-dealkylation sites (N-methyl/N-ethyl adjacent to an activating group) is 1. The number of aryl methyl sites for hydroxylation is 2. The van der Waals surface area contributed by atoms with Crippen LogP contribution in [0.3, 0.4) is 0 Å². The van der Waals surface area contributed by atoms with Gasteiger partial charge in [0.2, 0.25) is 10.0 Å². The molecule has 0 bridgehead atoms. The first-order valence-electron chi connectivity index (χ1n) is 11.8. The SMILES string of the molecule is CCCOc1ccc(S(=O)(=O)N2CC[NH+](C)CC2)cc1-c1nn2c(CCC)nc(C)c2c(=O)[nH]1.[Cl-]. The molecular formula is C23H33ClN6O4S. The number of hydrogen-bond acceptors (Lipinski definition) is 6. The molecule has 0 aliphatic carbocycles. The number of hydrogen-bond donors (Lipinski definition) is 2. The number of aromatic amines is 1. The Morgan fingerprint density at radius 3 is 2.54 bits per heavy atom. The summed E-state index contributed by atoms with van der Waals surface area (Å²) in [6, 6.07) is 4.77. The zero-order valence-corrected chi connectivity index (χ0v) is 22.2. The Labute approximate surface area is 211 Å². The number of rotatable bonds is 8. The Kier molecular flexibility index (Phi) is 8.58. The van der Waals surface area contributed by atoms with Gasteiger partial charge in [0.15, 0.2) is 11.3 Å². The summed E-state index contributed by atoms with van der Waals surface area (Å²) in [7, 11) is -1.63. The van der Waals surface area contributed by atoms with Crippen LogP contribution in [-0.4, -0.2) is 72.1 Å². The summed E-state index contributed by atoms with van der Waals surface area (Å²) in [5, 5.41) is 4.67. The average Bonchev–Trinajstić information content (AvgIpc) is 3.13. The third kappa shape index (κ3) is 5.37. The molecule has 0 atom stereocenters. The number of halogens is 1. The number of nitrogens with one attached hydrogen (secondary N) is 2. The summed E-state index contributed by atoms with van der Waals surface area (Å²) in [6.45, 7) is 8.72. The first-order chi connectivity index (χ1) is 16.3. The van der Waals surface area contributed by atoms with E-state index in [-0.39, 0.29) is 28.7 Å². The zero-order valence-electron chi connectivity index (χ0n) is 20.6. The Hall–Kier alpha value is -2.47. The van der Waals surface area contributed by atoms with Crippen LogP contribution in [0.25, 0.3) is 16.9 Å². The number of H-pyrrole nitrogens is 1. The molecule has 2 N–H and O–H groups in total. The Balaban J connectivity index is 0.00000342. The van der Waals surface area contributed by atoms with E-state index >= 15 is 0 Å². The van der Waals surface area contributed by atoms with E-state index < -0.39 is 10.0 Å². The third-order valence-corrected chi connectivity index (χ3v) is 7.99. The highest BCUT2D eigenvalue weighted by Gasteiger charge is 2.30. The van der Waals surface area contributed by atoms with Crippen LogP contribution in [0.2, 0.25) is 0 Å². The molecule has 1 aromatic carbocycles. The fourth-order valence-corrected chi connectivity index (χ4v) is 5.66. The van der Waals surface area contributed by atoms with Crippen molar-refractivity contribution in [2.45, 2.75) is 44.9 Å². The normalized spacial score (nSPS) is 15.3. The lowest BCUT2D eigenvalue weighted by atomic mass is 10.2. The lowest BCUT2D eigenvalue weighted by Crippen LogP contribution is -3.12. The number of ether oxygens (including phenoxy) is 1. The van der Waals surface area contributed by atoms with Crippen LogP contribution in [0.4, 0.5) is 0 Å². The Morgan fingerprint density at radius 1 is 1.17 bits per heavy atom. The third-order valence-electron chi connectivity index (χ3n) is 6.10. The largest absolute Gasteiger partial charge is 1.00 e. The lowest BCUT2D eigenvalue weighted by Gasteiger charge is -2.29. The van der Waals surface area contributed by atoms with Gasteiger partial charge in [-0.05, 0) is 38.0 Å². The van der Waals surface area contributed by atoms with Gasteiger partial charge in [0, 0.05) is 6.42 Å². The molecule has 1 fully saturated rings. The smallest absolute Gasteiger partial charge is 0.277 e. The molecule has 3 heterocycles. The number of piperazine rings is 1. The van der Waals surface area contributed by atoms with Crippen molar-refractivity contribution in [2.75, 3.05) is 39.8 Å². The maximum atomic E-state index is 13.4. The first-order valence-corrected chi connectivity index (χ1v) is 13.3. The molecule has 0 unspecified atom stereocenters. The van der Waals surface area contributed by atoms with Crippen molar-refractivity contribution in [1.29, 1.82) is 0 Å². The van der Waals surface area contributed by atoms with Crippen LogP contribution >= 0.6 is 0 Å². The molecule has 0 saturated carbocycles. The molecule has 0 amide bonds. The van der Waals surface area contributed by atoms with Crippen molar-refractivity contribution in [3.63, 3.8) is 0 Å². The summed E-state index contributed by atoms with van der Waals surface area (Å²) >= 11 is 0. The van der Waals surface area contributed by atoms with Crippen molar-refractivity contribution in [3.8, 4) is 17.1 Å². The Morgan fingerprint density at radius 2 is 1.89 bits per heavy atom.